The standard InChI is InChI=1S/C12H12ClN/c1-2-3-4-8-14-10-11-6-5-7-12(13)9-11/h5-7,9-10H,2,8H2,1H3/b14-10+. The van der Waals surface area contributed by atoms with Crippen molar-refractivity contribution < 1.29 is 0 Å². The van der Waals surface area contributed by atoms with Crippen LogP contribution in [0.1, 0.15) is 18.9 Å². The van der Waals surface area contributed by atoms with Crippen LogP contribution in [0.25, 0.3) is 0 Å². The summed E-state index contributed by atoms with van der Waals surface area (Å²) in [6.45, 7) is 2.58. The van der Waals surface area contributed by atoms with E-state index in [4.69, 9.17) is 11.6 Å². The lowest BCUT2D eigenvalue weighted by Crippen LogP contribution is -1.81. The highest BCUT2D eigenvalue weighted by Gasteiger charge is 1.87. The van der Waals surface area contributed by atoms with Gasteiger partial charge in [0.05, 0.1) is 6.54 Å². The lowest BCUT2D eigenvalue weighted by atomic mass is 10.2. The molecule has 0 fully saturated rings. The van der Waals surface area contributed by atoms with Gasteiger partial charge in [0.25, 0.3) is 0 Å². The first-order valence-corrected chi connectivity index (χ1v) is 4.92. The fraction of sp³-hybridized carbons (Fsp3) is 0.250. The van der Waals surface area contributed by atoms with Crippen LogP contribution in [-0.2, 0) is 0 Å². The first-order chi connectivity index (χ1) is 6.83. The minimum absolute atomic E-state index is 0.556. The van der Waals surface area contributed by atoms with E-state index in [2.05, 4.69) is 16.8 Å². The average molecular weight is 206 g/mol. The van der Waals surface area contributed by atoms with E-state index >= 15 is 0 Å². The highest BCUT2D eigenvalue weighted by Crippen LogP contribution is 2.08. The maximum atomic E-state index is 5.82. The Morgan fingerprint density at radius 3 is 3.00 bits per heavy atom. The molecule has 0 atom stereocenters. The molecule has 0 aliphatic rings. The van der Waals surface area contributed by atoms with Gasteiger partial charge in [-0.2, -0.15) is 0 Å². The molecule has 1 rings (SSSR count). The van der Waals surface area contributed by atoms with Crippen molar-refractivity contribution in [1.82, 2.24) is 0 Å². The van der Waals surface area contributed by atoms with Gasteiger partial charge >= 0.3 is 0 Å². The molecule has 0 saturated carbocycles. The second-order valence-electron chi connectivity index (χ2n) is 2.73. The van der Waals surface area contributed by atoms with Gasteiger partial charge in [0.15, 0.2) is 0 Å². The van der Waals surface area contributed by atoms with Crippen LogP contribution in [0.4, 0.5) is 0 Å². The molecule has 1 nitrogen and oxygen atoms in total. The number of halogens is 1. The molecule has 0 aliphatic heterocycles. The molecular weight excluding hydrogens is 194 g/mol. The number of hydrogen-bond acceptors (Lipinski definition) is 1. The van der Waals surface area contributed by atoms with Crippen LogP contribution in [-0.4, -0.2) is 12.8 Å². The van der Waals surface area contributed by atoms with Crippen molar-refractivity contribution in [2.24, 2.45) is 4.99 Å². The second-order valence-corrected chi connectivity index (χ2v) is 3.17. The van der Waals surface area contributed by atoms with Crippen LogP contribution >= 0.6 is 11.6 Å². The van der Waals surface area contributed by atoms with Gasteiger partial charge < -0.3 is 0 Å². The molecule has 0 heterocycles. The van der Waals surface area contributed by atoms with Crippen LogP contribution in [0.2, 0.25) is 5.02 Å². The van der Waals surface area contributed by atoms with Crippen molar-refractivity contribution in [2.45, 2.75) is 13.3 Å². The van der Waals surface area contributed by atoms with Crippen molar-refractivity contribution in [2.75, 3.05) is 6.54 Å². The van der Waals surface area contributed by atoms with E-state index in [0.717, 1.165) is 17.0 Å². The SMILES string of the molecule is CCC#CC/N=C/c1cccc(Cl)c1. The summed E-state index contributed by atoms with van der Waals surface area (Å²) >= 11 is 5.82. The lowest BCUT2D eigenvalue weighted by Gasteiger charge is -1.92. The lowest BCUT2D eigenvalue weighted by molar-refractivity contribution is 1.25. The quantitative estimate of drug-likeness (QED) is 0.520. The maximum absolute atomic E-state index is 5.82. The largest absolute Gasteiger partial charge is 0.280 e. The first kappa shape index (κ1) is 10.8. The van der Waals surface area contributed by atoms with E-state index in [1.54, 1.807) is 6.21 Å². The van der Waals surface area contributed by atoms with Gasteiger partial charge in [-0.15, -0.1) is 5.92 Å². The molecule has 0 unspecified atom stereocenters. The molecule has 14 heavy (non-hydrogen) atoms. The molecule has 1 aromatic carbocycles. The van der Waals surface area contributed by atoms with E-state index < -0.39 is 0 Å². The summed E-state index contributed by atoms with van der Waals surface area (Å²) < 4.78 is 0. The summed E-state index contributed by atoms with van der Waals surface area (Å²) in [5.74, 6) is 5.90. The van der Waals surface area contributed by atoms with Gasteiger partial charge in [0, 0.05) is 17.7 Å². The molecule has 2 heteroatoms. The monoisotopic (exact) mass is 205 g/mol. The molecule has 0 amide bonds. The molecule has 0 aromatic heterocycles. The number of rotatable bonds is 2. The summed E-state index contributed by atoms with van der Waals surface area (Å²) in [7, 11) is 0. The van der Waals surface area contributed by atoms with Gasteiger partial charge in [0.2, 0.25) is 0 Å². The summed E-state index contributed by atoms with van der Waals surface area (Å²) in [5.41, 5.74) is 1.01. The highest BCUT2D eigenvalue weighted by atomic mass is 35.5. The van der Waals surface area contributed by atoms with Crippen molar-refractivity contribution in [3.8, 4) is 11.8 Å². The Morgan fingerprint density at radius 1 is 1.43 bits per heavy atom. The molecule has 0 N–H and O–H groups in total. The Balaban J connectivity index is 2.52. The topological polar surface area (TPSA) is 12.4 Å². The minimum Gasteiger partial charge on any atom is -0.280 e. The predicted molar refractivity (Wildman–Crippen MR) is 62.0 cm³/mol. The molecule has 0 radical (unpaired) electrons. The van der Waals surface area contributed by atoms with Gasteiger partial charge in [0.1, 0.15) is 0 Å². The number of aliphatic imine (C=N–C) groups is 1. The third kappa shape index (κ3) is 4.11. The Morgan fingerprint density at radius 2 is 2.29 bits per heavy atom. The van der Waals surface area contributed by atoms with Crippen molar-refractivity contribution in [3.05, 3.63) is 34.9 Å². The number of benzene rings is 1. The molecule has 72 valence electrons. The zero-order valence-electron chi connectivity index (χ0n) is 8.13. The fourth-order valence-electron chi connectivity index (χ4n) is 0.964. The third-order valence-electron chi connectivity index (χ3n) is 1.56. The predicted octanol–water partition coefficient (Wildman–Crippen LogP) is 3.17. The fourth-order valence-corrected chi connectivity index (χ4v) is 1.16. The maximum Gasteiger partial charge on any atom is 0.0997 e. The summed E-state index contributed by atoms with van der Waals surface area (Å²) in [6, 6.07) is 7.58. The van der Waals surface area contributed by atoms with Crippen LogP contribution in [0, 0.1) is 11.8 Å². The highest BCUT2D eigenvalue weighted by molar-refractivity contribution is 6.30. The molecule has 0 bridgehead atoms. The zero-order valence-corrected chi connectivity index (χ0v) is 8.88. The van der Waals surface area contributed by atoms with E-state index in [1.807, 2.05) is 31.2 Å². The van der Waals surface area contributed by atoms with Crippen molar-refractivity contribution >= 4 is 17.8 Å². The second kappa shape index (κ2) is 6.23. The van der Waals surface area contributed by atoms with E-state index in [1.165, 1.54) is 0 Å². The van der Waals surface area contributed by atoms with Crippen LogP contribution in [0.3, 0.4) is 0 Å². The summed E-state index contributed by atoms with van der Waals surface area (Å²) in [5, 5.41) is 0.730. The van der Waals surface area contributed by atoms with Gasteiger partial charge in [-0.05, 0) is 17.7 Å². The molecular formula is C12H12ClN. The smallest absolute Gasteiger partial charge is 0.0997 e. The van der Waals surface area contributed by atoms with Gasteiger partial charge in [-0.3, -0.25) is 4.99 Å². The molecule has 1 aromatic rings. The van der Waals surface area contributed by atoms with Crippen LogP contribution < -0.4 is 0 Å². The summed E-state index contributed by atoms with van der Waals surface area (Å²) in [6.07, 6.45) is 2.67. The zero-order chi connectivity index (χ0) is 10.2. The normalized spacial score (nSPS) is 9.86. The van der Waals surface area contributed by atoms with E-state index in [9.17, 15) is 0 Å². The van der Waals surface area contributed by atoms with E-state index in [0.29, 0.717) is 6.54 Å². The molecule has 0 saturated heterocycles. The Bertz CT molecular complexity index is 371. The van der Waals surface area contributed by atoms with Gasteiger partial charge in [-0.1, -0.05) is 36.6 Å². The first-order valence-electron chi connectivity index (χ1n) is 4.54. The van der Waals surface area contributed by atoms with Crippen molar-refractivity contribution in [1.29, 1.82) is 0 Å². The Kier molecular flexibility index (Phi) is 4.82. The minimum atomic E-state index is 0.556. The Labute approximate surface area is 89.8 Å². The van der Waals surface area contributed by atoms with Crippen LogP contribution in [0.15, 0.2) is 29.3 Å². The van der Waals surface area contributed by atoms with Crippen LogP contribution in [0.5, 0.6) is 0 Å². The van der Waals surface area contributed by atoms with Gasteiger partial charge in [-0.25, -0.2) is 0 Å². The third-order valence-corrected chi connectivity index (χ3v) is 1.80. The Hall–Kier alpha value is -1.26. The van der Waals surface area contributed by atoms with E-state index in [-0.39, 0.29) is 0 Å². The number of hydrogen-bond donors (Lipinski definition) is 0. The number of nitrogens with zero attached hydrogens (tertiary/aromatic N) is 1. The average Bonchev–Trinajstić information content (AvgIpc) is 2.18. The molecule has 0 aliphatic carbocycles. The summed E-state index contributed by atoms with van der Waals surface area (Å²) in [4.78, 5) is 4.16. The van der Waals surface area contributed by atoms with Crippen molar-refractivity contribution in [3.63, 3.8) is 0 Å². The molecule has 0 spiro atoms.